The van der Waals surface area contributed by atoms with Crippen molar-refractivity contribution in [2.75, 3.05) is 0 Å². The Morgan fingerprint density at radius 1 is 1.04 bits per heavy atom. The lowest BCUT2D eigenvalue weighted by atomic mass is 10.1. The van der Waals surface area contributed by atoms with Crippen LogP contribution in [0, 0.1) is 43.4 Å². The summed E-state index contributed by atoms with van der Waals surface area (Å²) in [5.74, 6) is 0. The molecule has 0 aliphatic rings. The third kappa shape index (κ3) is 3.60. The summed E-state index contributed by atoms with van der Waals surface area (Å²) in [6, 6.07) is 17.4. The minimum Gasteiger partial charge on any atom is -0.267 e. The average molecular weight is 371 g/mol. The number of aryl methyl sites for hydroxylation is 3. The van der Waals surface area contributed by atoms with Crippen LogP contribution in [0.2, 0.25) is 0 Å². The first kappa shape index (κ1) is 18.4. The molecule has 3 aromatic rings. The highest BCUT2D eigenvalue weighted by molar-refractivity contribution is 7.07. The standard InChI is InChI=1S/C22H17N3OS/c1-14-5-4-6-17(10-14)11-20-21(26)25(22(27-20)18(12-23)13-24)19-8-7-15(2)9-16(19)3/h4-11H,1-3H3/b20-11-. The molecule has 0 unspecified atom stereocenters. The fourth-order valence-corrected chi connectivity index (χ4v) is 4.00. The van der Waals surface area contributed by atoms with Crippen LogP contribution in [0.1, 0.15) is 22.3 Å². The van der Waals surface area contributed by atoms with Gasteiger partial charge in [-0.15, -0.1) is 11.3 Å². The van der Waals surface area contributed by atoms with E-state index in [0.717, 1.165) is 33.6 Å². The maximum Gasteiger partial charge on any atom is 0.273 e. The molecular formula is C22H17N3OS. The Labute approximate surface area is 161 Å². The van der Waals surface area contributed by atoms with Crippen molar-refractivity contribution in [2.24, 2.45) is 0 Å². The van der Waals surface area contributed by atoms with Crippen molar-refractivity contribution in [2.45, 2.75) is 20.8 Å². The fourth-order valence-electron chi connectivity index (χ4n) is 2.96. The normalized spacial score (nSPS) is 11.1. The Balaban J connectivity index is 2.43. The SMILES string of the molecule is Cc1cccc(/C=c2\sc(=C(C#N)C#N)n(-c3ccc(C)cc3C)c2=O)c1. The molecule has 132 valence electrons. The molecule has 1 heterocycles. The fraction of sp³-hybridized carbons (Fsp3) is 0.136. The minimum atomic E-state index is -0.230. The Hall–Kier alpha value is -3.41. The topological polar surface area (TPSA) is 69.6 Å². The monoisotopic (exact) mass is 371 g/mol. The second-order valence-corrected chi connectivity index (χ2v) is 7.39. The van der Waals surface area contributed by atoms with Gasteiger partial charge >= 0.3 is 0 Å². The van der Waals surface area contributed by atoms with Gasteiger partial charge in [0.05, 0.1) is 10.2 Å². The van der Waals surface area contributed by atoms with E-state index >= 15 is 0 Å². The Bertz CT molecular complexity index is 1280. The lowest BCUT2D eigenvalue weighted by Gasteiger charge is -2.07. The predicted molar refractivity (Wildman–Crippen MR) is 108 cm³/mol. The first-order valence-electron chi connectivity index (χ1n) is 8.37. The molecule has 1 aromatic heterocycles. The summed E-state index contributed by atoms with van der Waals surface area (Å²) in [5, 5.41) is 18.7. The highest BCUT2D eigenvalue weighted by Gasteiger charge is 2.13. The summed E-state index contributed by atoms with van der Waals surface area (Å²) >= 11 is 1.16. The van der Waals surface area contributed by atoms with E-state index in [0.29, 0.717) is 14.9 Å². The van der Waals surface area contributed by atoms with Crippen LogP contribution in [0.15, 0.2) is 47.3 Å². The summed E-state index contributed by atoms with van der Waals surface area (Å²) in [6.45, 7) is 5.88. The van der Waals surface area contributed by atoms with Crippen molar-refractivity contribution < 1.29 is 0 Å². The van der Waals surface area contributed by atoms with Crippen LogP contribution >= 0.6 is 11.3 Å². The van der Waals surface area contributed by atoms with Crippen molar-refractivity contribution in [3.8, 4) is 17.8 Å². The second-order valence-electron chi connectivity index (χ2n) is 6.36. The average Bonchev–Trinajstić information content (AvgIpc) is 2.93. The highest BCUT2D eigenvalue weighted by Crippen LogP contribution is 2.13. The maximum atomic E-state index is 13.2. The van der Waals surface area contributed by atoms with Gasteiger partial charge in [-0.05, 0) is 44.0 Å². The summed E-state index contributed by atoms with van der Waals surface area (Å²) in [6.07, 6.45) is 1.80. The maximum absolute atomic E-state index is 13.2. The number of nitriles is 2. The molecule has 2 aromatic carbocycles. The number of rotatable bonds is 2. The Morgan fingerprint density at radius 3 is 2.37 bits per heavy atom. The first-order valence-corrected chi connectivity index (χ1v) is 9.18. The molecule has 0 radical (unpaired) electrons. The molecule has 0 aliphatic heterocycles. The summed E-state index contributed by atoms with van der Waals surface area (Å²) in [5.41, 5.74) is 4.38. The lowest BCUT2D eigenvalue weighted by molar-refractivity contribution is 0.973. The smallest absolute Gasteiger partial charge is 0.267 e. The van der Waals surface area contributed by atoms with Gasteiger partial charge in [0, 0.05) is 0 Å². The van der Waals surface area contributed by atoms with Crippen molar-refractivity contribution >= 4 is 23.0 Å². The number of hydrogen-bond acceptors (Lipinski definition) is 4. The molecule has 0 saturated heterocycles. The van der Waals surface area contributed by atoms with Gasteiger partial charge in [0.2, 0.25) is 0 Å². The molecule has 5 heteroatoms. The zero-order chi connectivity index (χ0) is 19.6. The molecule has 27 heavy (non-hydrogen) atoms. The number of nitrogens with zero attached hydrogens (tertiary/aromatic N) is 3. The van der Waals surface area contributed by atoms with Gasteiger partial charge in [-0.2, -0.15) is 10.5 Å². The van der Waals surface area contributed by atoms with Gasteiger partial charge in [0.1, 0.15) is 16.8 Å². The lowest BCUT2D eigenvalue weighted by Crippen LogP contribution is -2.31. The number of aromatic nitrogens is 1. The van der Waals surface area contributed by atoms with Crippen LogP contribution in [-0.2, 0) is 0 Å². The number of thiazole rings is 1. The zero-order valence-corrected chi connectivity index (χ0v) is 16.1. The van der Waals surface area contributed by atoms with E-state index in [2.05, 4.69) is 0 Å². The number of benzene rings is 2. The van der Waals surface area contributed by atoms with Gasteiger partial charge in [-0.3, -0.25) is 9.36 Å². The van der Waals surface area contributed by atoms with Crippen LogP contribution < -0.4 is 14.8 Å². The van der Waals surface area contributed by atoms with Crippen molar-refractivity contribution in [3.05, 3.63) is 84.3 Å². The van der Waals surface area contributed by atoms with Crippen LogP contribution in [0.5, 0.6) is 0 Å². The molecule has 0 fully saturated rings. The van der Waals surface area contributed by atoms with Crippen LogP contribution in [0.3, 0.4) is 0 Å². The van der Waals surface area contributed by atoms with E-state index in [-0.39, 0.29) is 11.1 Å². The van der Waals surface area contributed by atoms with Crippen LogP contribution in [0.4, 0.5) is 0 Å². The number of hydrogen-bond donors (Lipinski definition) is 0. The molecule has 0 atom stereocenters. The Kier molecular flexibility index (Phi) is 5.07. The van der Waals surface area contributed by atoms with E-state index in [1.54, 1.807) is 6.08 Å². The second kappa shape index (κ2) is 7.45. The van der Waals surface area contributed by atoms with Crippen molar-refractivity contribution in [3.63, 3.8) is 0 Å². The first-order chi connectivity index (χ1) is 12.9. The molecule has 0 spiro atoms. The molecule has 0 amide bonds. The van der Waals surface area contributed by atoms with Crippen LogP contribution in [0.25, 0.3) is 17.3 Å². The minimum absolute atomic E-state index is 0.0685. The largest absolute Gasteiger partial charge is 0.273 e. The molecule has 0 aliphatic carbocycles. The highest BCUT2D eigenvalue weighted by atomic mass is 32.1. The Morgan fingerprint density at radius 2 is 1.74 bits per heavy atom. The zero-order valence-electron chi connectivity index (χ0n) is 15.3. The van der Waals surface area contributed by atoms with E-state index in [1.165, 1.54) is 4.57 Å². The molecule has 0 bridgehead atoms. The third-order valence-corrected chi connectivity index (χ3v) is 5.29. The van der Waals surface area contributed by atoms with Gasteiger partial charge in [0.15, 0.2) is 5.57 Å². The van der Waals surface area contributed by atoms with Gasteiger partial charge in [-0.25, -0.2) is 0 Å². The van der Waals surface area contributed by atoms with Gasteiger partial charge in [-0.1, -0.05) is 47.5 Å². The molecule has 0 N–H and O–H groups in total. The van der Waals surface area contributed by atoms with E-state index in [1.807, 2.05) is 75.4 Å². The quantitative estimate of drug-likeness (QED) is 0.695. The van der Waals surface area contributed by atoms with Crippen LogP contribution in [-0.4, -0.2) is 4.57 Å². The summed E-state index contributed by atoms with van der Waals surface area (Å²) < 4.78 is 2.32. The summed E-state index contributed by atoms with van der Waals surface area (Å²) in [7, 11) is 0. The van der Waals surface area contributed by atoms with Crippen molar-refractivity contribution in [1.29, 1.82) is 10.5 Å². The van der Waals surface area contributed by atoms with Gasteiger partial charge < -0.3 is 0 Å². The van der Waals surface area contributed by atoms with Gasteiger partial charge in [0.25, 0.3) is 5.56 Å². The van der Waals surface area contributed by atoms with Crippen molar-refractivity contribution in [1.82, 2.24) is 4.57 Å². The van der Waals surface area contributed by atoms with E-state index < -0.39 is 0 Å². The molecule has 0 saturated carbocycles. The van der Waals surface area contributed by atoms with E-state index in [9.17, 15) is 15.3 Å². The molecular weight excluding hydrogens is 354 g/mol. The van der Waals surface area contributed by atoms with E-state index in [4.69, 9.17) is 0 Å². The molecule has 3 rings (SSSR count). The third-order valence-electron chi connectivity index (χ3n) is 4.19. The predicted octanol–water partition coefficient (Wildman–Crippen LogP) is 2.85. The molecule has 4 nitrogen and oxygen atoms in total. The summed E-state index contributed by atoms with van der Waals surface area (Å²) in [4.78, 5) is 13.2.